The molecule has 124 valence electrons. The first-order valence-corrected chi connectivity index (χ1v) is 6.98. The third kappa shape index (κ3) is 3.01. The zero-order chi connectivity index (χ0) is 18.3. The lowest BCUT2D eigenvalue weighted by Gasteiger charge is -2.12. The van der Waals surface area contributed by atoms with E-state index >= 15 is 0 Å². The number of nitrogens with zero attached hydrogens (tertiary/aromatic N) is 5. The molecule has 0 bridgehead atoms. The smallest absolute Gasteiger partial charge is 0.223 e. The SMILES string of the molecule is N#C/C(=C/I)c1nn2c(C(F)(F)F)cc(C(F)(F)F)nc2c1C#N. The van der Waals surface area contributed by atoms with Gasteiger partial charge < -0.3 is 0 Å². The van der Waals surface area contributed by atoms with Crippen LogP contribution < -0.4 is 0 Å². The Hall–Kier alpha value is -2.35. The van der Waals surface area contributed by atoms with Crippen LogP contribution in [0, 0.1) is 22.7 Å². The Kier molecular flexibility index (Phi) is 4.45. The van der Waals surface area contributed by atoms with Crippen LogP contribution in [-0.2, 0) is 12.4 Å². The Labute approximate surface area is 142 Å². The molecule has 0 radical (unpaired) electrons. The summed E-state index contributed by atoms with van der Waals surface area (Å²) in [5, 5.41) is 21.5. The predicted molar refractivity (Wildman–Crippen MR) is 75.3 cm³/mol. The molecular formula is C12H2F6IN5. The van der Waals surface area contributed by atoms with Crippen molar-refractivity contribution in [1.29, 1.82) is 10.5 Å². The van der Waals surface area contributed by atoms with E-state index in [1.807, 2.05) is 0 Å². The highest BCUT2D eigenvalue weighted by molar-refractivity contribution is 14.1. The summed E-state index contributed by atoms with van der Waals surface area (Å²) in [6.07, 6.45) is -10.3. The number of alkyl halides is 6. The molecular weight excluding hydrogens is 455 g/mol. The van der Waals surface area contributed by atoms with Crippen molar-refractivity contribution in [3.05, 3.63) is 32.8 Å². The standard InChI is InChI=1S/C12H2F6IN5/c13-11(14,15)7-1-8(12(16,17)18)24-10(22-7)6(4-21)9(23-24)5(2-19)3-20/h1-2H/b5-2-. The number of halogens is 7. The second-order valence-corrected chi connectivity index (χ2v) is 4.85. The monoisotopic (exact) mass is 457 g/mol. The van der Waals surface area contributed by atoms with E-state index < -0.39 is 40.6 Å². The number of fused-ring (bicyclic) bond motifs is 1. The van der Waals surface area contributed by atoms with E-state index in [0.29, 0.717) is 0 Å². The maximum atomic E-state index is 13.1. The molecule has 0 unspecified atom stereocenters. The number of hydrogen-bond acceptors (Lipinski definition) is 4. The number of rotatable bonds is 1. The van der Waals surface area contributed by atoms with Gasteiger partial charge in [0.05, 0.1) is 5.57 Å². The Morgan fingerprint density at radius 2 is 1.79 bits per heavy atom. The van der Waals surface area contributed by atoms with Crippen molar-refractivity contribution in [2.45, 2.75) is 12.4 Å². The predicted octanol–water partition coefficient (Wildman–Crippen LogP) is 3.94. The minimum absolute atomic E-state index is 0.0839. The van der Waals surface area contributed by atoms with E-state index in [9.17, 15) is 26.3 Å². The van der Waals surface area contributed by atoms with Gasteiger partial charge in [-0.2, -0.15) is 42.0 Å². The van der Waals surface area contributed by atoms with Gasteiger partial charge in [-0.25, -0.2) is 9.50 Å². The van der Waals surface area contributed by atoms with E-state index in [4.69, 9.17) is 10.5 Å². The van der Waals surface area contributed by atoms with Gasteiger partial charge in [-0.05, 0) is 10.1 Å². The molecule has 0 saturated carbocycles. The third-order valence-electron chi connectivity index (χ3n) is 2.77. The summed E-state index contributed by atoms with van der Waals surface area (Å²) >= 11 is 1.59. The Morgan fingerprint density at radius 3 is 2.21 bits per heavy atom. The molecule has 0 aliphatic carbocycles. The quantitative estimate of drug-likeness (QED) is 0.370. The summed E-state index contributed by atoms with van der Waals surface area (Å²) in [7, 11) is 0. The summed E-state index contributed by atoms with van der Waals surface area (Å²) < 4.78 is 78.9. The lowest BCUT2D eigenvalue weighted by Crippen LogP contribution is -2.18. The lowest BCUT2D eigenvalue weighted by atomic mass is 10.1. The maximum Gasteiger partial charge on any atom is 0.433 e. The molecule has 0 saturated heterocycles. The van der Waals surface area contributed by atoms with E-state index in [1.54, 1.807) is 28.7 Å². The first kappa shape index (κ1) is 18.0. The Balaban J connectivity index is 3.02. The molecule has 0 fully saturated rings. The molecule has 2 aromatic rings. The summed E-state index contributed by atoms with van der Waals surface area (Å²) in [5.74, 6) is 0. The molecule has 0 aliphatic heterocycles. The molecule has 12 heteroatoms. The highest BCUT2D eigenvalue weighted by atomic mass is 127. The normalized spacial score (nSPS) is 13.0. The van der Waals surface area contributed by atoms with Gasteiger partial charge in [-0.15, -0.1) is 0 Å². The first-order chi connectivity index (χ1) is 11.0. The van der Waals surface area contributed by atoms with Crippen molar-refractivity contribution < 1.29 is 26.3 Å². The molecule has 24 heavy (non-hydrogen) atoms. The van der Waals surface area contributed by atoms with Crippen LogP contribution >= 0.6 is 22.6 Å². The van der Waals surface area contributed by atoms with Gasteiger partial charge in [0.2, 0.25) is 0 Å². The van der Waals surface area contributed by atoms with Gasteiger partial charge in [0.25, 0.3) is 0 Å². The van der Waals surface area contributed by atoms with Gasteiger partial charge in [-0.1, -0.05) is 22.6 Å². The molecule has 2 rings (SSSR count). The van der Waals surface area contributed by atoms with Crippen molar-refractivity contribution in [2.24, 2.45) is 0 Å². The summed E-state index contributed by atoms with van der Waals surface area (Å²) in [6.45, 7) is 0. The molecule has 5 nitrogen and oxygen atoms in total. The van der Waals surface area contributed by atoms with Crippen molar-refractivity contribution >= 4 is 33.8 Å². The molecule has 0 amide bonds. The molecule has 0 spiro atoms. The highest BCUT2D eigenvalue weighted by Gasteiger charge is 2.41. The maximum absolute atomic E-state index is 13.1. The largest absolute Gasteiger partial charge is 0.433 e. The zero-order valence-electron chi connectivity index (χ0n) is 11.0. The van der Waals surface area contributed by atoms with Crippen LogP contribution in [0.2, 0.25) is 0 Å². The Bertz CT molecular complexity index is 925. The van der Waals surface area contributed by atoms with Crippen LogP contribution in [0.3, 0.4) is 0 Å². The van der Waals surface area contributed by atoms with E-state index in [1.165, 1.54) is 6.07 Å². The highest BCUT2D eigenvalue weighted by Crippen LogP contribution is 2.36. The van der Waals surface area contributed by atoms with Gasteiger partial charge in [0.1, 0.15) is 29.1 Å². The minimum Gasteiger partial charge on any atom is -0.223 e. The van der Waals surface area contributed by atoms with Crippen LogP contribution in [0.1, 0.15) is 22.6 Å². The van der Waals surface area contributed by atoms with Crippen LogP contribution in [0.25, 0.3) is 11.2 Å². The van der Waals surface area contributed by atoms with Gasteiger partial charge in [0, 0.05) is 0 Å². The number of allylic oxidation sites excluding steroid dienone is 1. The van der Waals surface area contributed by atoms with Crippen LogP contribution in [0.15, 0.2) is 10.1 Å². The Morgan fingerprint density at radius 1 is 1.17 bits per heavy atom. The van der Waals surface area contributed by atoms with Gasteiger partial charge in [-0.3, -0.25) is 0 Å². The molecule has 2 aromatic heterocycles. The fraction of sp³-hybridized carbons (Fsp3) is 0.167. The zero-order valence-corrected chi connectivity index (χ0v) is 13.2. The third-order valence-corrected chi connectivity index (χ3v) is 3.39. The van der Waals surface area contributed by atoms with Gasteiger partial charge >= 0.3 is 12.4 Å². The molecule has 0 aromatic carbocycles. The summed E-state index contributed by atoms with van der Waals surface area (Å²) in [5.41, 5.74) is -5.92. The van der Waals surface area contributed by atoms with E-state index in [-0.39, 0.29) is 16.2 Å². The fourth-order valence-electron chi connectivity index (χ4n) is 1.79. The number of aromatic nitrogens is 3. The molecule has 0 N–H and O–H groups in total. The van der Waals surface area contributed by atoms with Crippen LogP contribution in [-0.4, -0.2) is 14.6 Å². The minimum atomic E-state index is -5.18. The topological polar surface area (TPSA) is 77.8 Å². The van der Waals surface area contributed by atoms with E-state index in [0.717, 1.165) is 4.08 Å². The molecule has 0 atom stereocenters. The van der Waals surface area contributed by atoms with E-state index in [2.05, 4.69) is 10.1 Å². The average Bonchev–Trinajstić information content (AvgIpc) is 2.83. The van der Waals surface area contributed by atoms with Crippen molar-refractivity contribution in [1.82, 2.24) is 14.6 Å². The second-order valence-electron chi connectivity index (χ2n) is 4.23. The van der Waals surface area contributed by atoms with Crippen LogP contribution in [0.5, 0.6) is 0 Å². The first-order valence-electron chi connectivity index (χ1n) is 5.73. The second kappa shape index (κ2) is 5.94. The lowest BCUT2D eigenvalue weighted by molar-refractivity contribution is -0.148. The summed E-state index contributed by atoms with van der Waals surface area (Å²) in [4.78, 5) is 3.08. The van der Waals surface area contributed by atoms with Crippen molar-refractivity contribution in [2.75, 3.05) is 0 Å². The van der Waals surface area contributed by atoms with Crippen LogP contribution in [0.4, 0.5) is 26.3 Å². The summed E-state index contributed by atoms with van der Waals surface area (Å²) in [6, 6.07) is 2.85. The average molecular weight is 457 g/mol. The van der Waals surface area contributed by atoms with Crippen molar-refractivity contribution in [3.63, 3.8) is 0 Å². The fourth-order valence-corrected chi connectivity index (χ4v) is 2.22. The number of hydrogen-bond donors (Lipinski definition) is 0. The number of nitriles is 2. The van der Waals surface area contributed by atoms with Gasteiger partial charge in [0.15, 0.2) is 11.3 Å². The molecule has 2 heterocycles. The van der Waals surface area contributed by atoms with Crippen molar-refractivity contribution in [3.8, 4) is 12.1 Å². The molecule has 0 aliphatic rings.